The fourth-order valence-electron chi connectivity index (χ4n) is 2.46. The van der Waals surface area contributed by atoms with Crippen molar-refractivity contribution in [1.82, 2.24) is 0 Å². The first kappa shape index (κ1) is 21.1. The van der Waals surface area contributed by atoms with Crippen LogP contribution < -0.4 is 0 Å². The van der Waals surface area contributed by atoms with Gasteiger partial charge in [-0.3, -0.25) is 9.59 Å². The van der Waals surface area contributed by atoms with Crippen LogP contribution in [0, 0.1) is 17.6 Å². The number of esters is 2. The molecule has 0 bridgehead atoms. The van der Waals surface area contributed by atoms with Crippen LogP contribution in [0.1, 0.15) is 65.0 Å². The summed E-state index contributed by atoms with van der Waals surface area (Å²) >= 11 is 0. The van der Waals surface area contributed by atoms with Crippen LogP contribution in [0.2, 0.25) is 0 Å². The normalized spacial score (nSPS) is 13.4. The second kappa shape index (κ2) is 10.1. The SMILES string of the molecule is CCCC(OC(=O)CCC(=O)OC(C)c1c(F)cccc1F)C(C)C. The minimum Gasteiger partial charge on any atom is -0.462 e. The molecule has 140 valence electrons. The molecule has 2 unspecified atom stereocenters. The van der Waals surface area contributed by atoms with Crippen molar-refractivity contribution in [2.75, 3.05) is 0 Å². The Morgan fingerprint density at radius 1 is 1.00 bits per heavy atom. The third-order valence-electron chi connectivity index (χ3n) is 3.85. The first-order valence-electron chi connectivity index (χ1n) is 8.59. The molecule has 0 spiro atoms. The highest BCUT2D eigenvalue weighted by molar-refractivity contribution is 5.77. The van der Waals surface area contributed by atoms with Crippen molar-refractivity contribution in [2.45, 2.75) is 65.6 Å². The summed E-state index contributed by atoms with van der Waals surface area (Å²) in [4.78, 5) is 23.7. The van der Waals surface area contributed by atoms with E-state index in [1.54, 1.807) is 0 Å². The van der Waals surface area contributed by atoms with Crippen LogP contribution in [0.25, 0.3) is 0 Å². The van der Waals surface area contributed by atoms with E-state index in [4.69, 9.17) is 9.47 Å². The number of hydrogen-bond donors (Lipinski definition) is 0. The zero-order valence-electron chi connectivity index (χ0n) is 15.2. The van der Waals surface area contributed by atoms with E-state index in [-0.39, 0.29) is 30.4 Å². The van der Waals surface area contributed by atoms with Gasteiger partial charge in [0.05, 0.1) is 18.4 Å². The molecule has 6 heteroatoms. The van der Waals surface area contributed by atoms with E-state index in [0.717, 1.165) is 25.0 Å². The highest BCUT2D eigenvalue weighted by Gasteiger charge is 2.21. The van der Waals surface area contributed by atoms with E-state index < -0.39 is 29.7 Å². The summed E-state index contributed by atoms with van der Waals surface area (Å²) in [7, 11) is 0. The Labute approximate surface area is 147 Å². The van der Waals surface area contributed by atoms with Crippen LogP contribution in [0.5, 0.6) is 0 Å². The summed E-state index contributed by atoms with van der Waals surface area (Å²) in [5.74, 6) is -2.55. The van der Waals surface area contributed by atoms with Crippen molar-refractivity contribution in [1.29, 1.82) is 0 Å². The lowest BCUT2D eigenvalue weighted by atomic mass is 10.0. The average molecular weight is 356 g/mol. The molecule has 0 radical (unpaired) electrons. The number of benzene rings is 1. The van der Waals surface area contributed by atoms with E-state index >= 15 is 0 Å². The average Bonchev–Trinajstić information content (AvgIpc) is 2.52. The standard InChI is InChI=1S/C19H26F2O4/c1-5-7-16(12(2)3)25-18(23)11-10-17(22)24-13(4)19-14(20)8-6-9-15(19)21/h6,8-9,12-13,16H,5,7,10-11H2,1-4H3. The van der Waals surface area contributed by atoms with Gasteiger partial charge in [-0.05, 0) is 31.4 Å². The Balaban J connectivity index is 2.50. The Bertz CT molecular complexity index is 567. The number of hydrogen-bond acceptors (Lipinski definition) is 4. The fraction of sp³-hybridized carbons (Fsp3) is 0.579. The van der Waals surface area contributed by atoms with E-state index in [2.05, 4.69) is 0 Å². The zero-order valence-corrected chi connectivity index (χ0v) is 15.2. The molecule has 0 amide bonds. The topological polar surface area (TPSA) is 52.6 Å². The molecular weight excluding hydrogens is 330 g/mol. The first-order valence-corrected chi connectivity index (χ1v) is 8.59. The van der Waals surface area contributed by atoms with Crippen molar-refractivity contribution in [3.8, 4) is 0 Å². The van der Waals surface area contributed by atoms with Gasteiger partial charge >= 0.3 is 11.9 Å². The van der Waals surface area contributed by atoms with E-state index in [1.807, 2.05) is 20.8 Å². The summed E-state index contributed by atoms with van der Waals surface area (Å²) in [6.07, 6.45) is 0.0728. The molecule has 1 aromatic rings. The summed E-state index contributed by atoms with van der Waals surface area (Å²) < 4.78 is 37.7. The Morgan fingerprint density at radius 3 is 2.00 bits per heavy atom. The number of ether oxygens (including phenoxy) is 2. The molecule has 0 aliphatic rings. The minimum absolute atomic E-state index is 0.127. The van der Waals surface area contributed by atoms with Crippen molar-refractivity contribution in [3.05, 3.63) is 35.4 Å². The van der Waals surface area contributed by atoms with Crippen molar-refractivity contribution < 1.29 is 27.8 Å². The fourth-order valence-corrected chi connectivity index (χ4v) is 2.46. The predicted octanol–water partition coefficient (Wildman–Crippen LogP) is 4.72. The van der Waals surface area contributed by atoms with Crippen LogP contribution in [0.4, 0.5) is 8.78 Å². The van der Waals surface area contributed by atoms with Gasteiger partial charge in [0.25, 0.3) is 0 Å². The molecule has 25 heavy (non-hydrogen) atoms. The molecule has 4 nitrogen and oxygen atoms in total. The number of rotatable bonds is 9. The summed E-state index contributed by atoms with van der Waals surface area (Å²) in [5.41, 5.74) is -0.304. The van der Waals surface area contributed by atoms with Gasteiger partial charge in [0.15, 0.2) is 0 Å². The van der Waals surface area contributed by atoms with Gasteiger partial charge in [0.1, 0.15) is 23.8 Å². The van der Waals surface area contributed by atoms with Crippen molar-refractivity contribution >= 4 is 11.9 Å². The highest BCUT2D eigenvalue weighted by atomic mass is 19.1. The lowest BCUT2D eigenvalue weighted by Crippen LogP contribution is -2.24. The van der Waals surface area contributed by atoms with Crippen LogP contribution in [-0.2, 0) is 19.1 Å². The molecule has 0 saturated carbocycles. The first-order chi connectivity index (χ1) is 11.8. The van der Waals surface area contributed by atoms with Gasteiger partial charge < -0.3 is 9.47 Å². The molecule has 0 heterocycles. The highest BCUT2D eigenvalue weighted by Crippen LogP contribution is 2.24. The maximum Gasteiger partial charge on any atom is 0.306 e. The van der Waals surface area contributed by atoms with E-state index in [0.29, 0.717) is 0 Å². The third kappa shape index (κ3) is 6.80. The molecule has 1 aromatic carbocycles. The smallest absolute Gasteiger partial charge is 0.306 e. The lowest BCUT2D eigenvalue weighted by molar-refractivity contribution is -0.157. The monoisotopic (exact) mass is 356 g/mol. The molecule has 0 fully saturated rings. The van der Waals surface area contributed by atoms with Gasteiger partial charge in [0, 0.05) is 0 Å². The summed E-state index contributed by atoms with van der Waals surface area (Å²) in [6, 6.07) is 3.43. The number of halogens is 2. The molecule has 0 aliphatic heterocycles. The second-order valence-electron chi connectivity index (χ2n) is 6.33. The summed E-state index contributed by atoms with van der Waals surface area (Å²) in [6.45, 7) is 7.32. The molecule has 0 aromatic heterocycles. The van der Waals surface area contributed by atoms with Gasteiger partial charge in [-0.2, -0.15) is 0 Å². The molecular formula is C19H26F2O4. The third-order valence-corrected chi connectivity index (χ3v) is 3.85. The van der Waals surface area contributed by atoms with Crippen LogP contribution >= 0.6 is 0 Å². The Kier molecular flexibility index (Phi) is 8.52. The lowest BCUT2D eigenvalue weighted by Gasteiger charge is -2.21. The van der Waals surface area contributed by atoms with E-state index in [9.17, 15) is 18.4 Å². The maximum absolute atomic E-state index is 13.7. The van der Waals surface area contributed by atoms with Crippen molar-refractivity contribution in [3.63, 3.8) is 0 Å². The maximum atomic E-state index is 13.7. The molecule has 0 N–H and O–H groups in total. The minimum atomic E-state index is -1.08. The predicted molar refractivity (Wildman–Crippen MR) is 89.7 cm³/mol. The summed E-state index contributed by atoms with van der Waals surface area (Å²) in [5, 5.41) is 0. The number of carbonyl (C=O) groups is 2. The largest absolute Gasteiger partial charge is 0.462 e. The van der Waals surface area contributed by atoms with Gasteiger partial charge in [-0.25, -0.2) is 8.78 Å². The molecule has 2 atom stereocenters. The van der Waals surface area contributed by atoms with Crippen molar-refractivity contribution in [2.24, 2.45) is 5.92 Å². The molecule has 1 rings (SSSR count). The number of carbonyl (C=O) groups excluding carboxylic acids is 2. The van der Waals surface area contributed by atoms with Crippen LogP contribution in [0.15, 0.2) is 18.2 Å². The van der Waals surface area contributed by atoms with E-state index in [1.165, 1.54) is 13.0 Å². The van der Waals surface area contributed by atoms with Crippen LogP contribution in [0.3, 0.4) is 0 Å². The molecule has 0 saturated heterocycles. The second-order valence-corrected chi connectivity index (χ2v) is 6.33. The zero-order chi connectivity index (χ0) is 19.0. The van der Waals surface area contributed by atoms with Crippen LogP contribution in [-0.4, -0.2) is 18.0 Å². The Hall–Kier alpha value is -1.98. The van der Waals surface area contributed by atoms with Gasteiger partial charge in [0.2, 0.25) is 0 Å². The van der Waals surface area contributed by atoms with Gasteiger partial charge in [-0.15, -0.1) is 0 Å². The van der Waals surface area contributed by atoms with Gasteiger partial charge in [-0.1, -0.05) is 33.3 Å². The quantitative estimate of drug-likeness (QED) is 0.601. The Morgan fingerprint density at radius 2 is 1.52 bits per heavy atom. The molecule has 0 aliphatic carbocycles.